The van der Waals surface area contributed by atoms with E-state index in [4.69, 9.17) is 5.73 Å². The van der Waals surface area contributed by atoms with E-state index in [1.807, 2.05) is 0 Å². The zero-order chi connectivity index (χ0) is 13.1. The summed E-state index contributed by atoms with van der Waals surface area (Å²) >= 11 is 0. The molecule has 1 atom stereocenters. The van der Waals surface area contributed by atoms with Gasteiger partial charge in [0.15, 0.2) is 0 Å². The summed E-state index contributed by atoms with van der Waals surface area (Å²) in [6.07, 6.45) is -4.21. The van der Waals surface area contributed by atoms with Crippen molar-refractivity contribution in [3.8, 4) is 0 Å². The summed E-state index contributed by atoms with van der Waals surface area (Å²) in [5.74, 6) is -0.461. The maximum Gasteiger partial charge on any atom is 0.416 e. The quantitative estimate of drug-likeness (QED) is 0.857. The second-order valence-corrected chi connectivity index (χ2v) is 3.79. The Morgan fingerprint density at radius 3 is 2.29 bits per heavy atom. The first-order chi connectivity index (χ1) is 7.79. The minimum atomic E-state index is -4.34. The Hall–Kier alpha value is -1.72. The Kier molecular flexibility index (Phi) is 3.98. The summed E-state index contributed by atoms with van der Waals surface area (Å²) < 4.78 is 36.8. The lowest BCUT2D eigenvalue weighted by atomic mass is 10.1. The molecule has 17 heavy (non-hydrogen) atoms. The first-order valence-electron chi connectivity index (χ1n) is 5.01. The summed E-state index contributed by atoms with van der Waals surface area (Å²) in [5.41, 5.74) is 4.82. The van der Waals surface area contributed by atoms with Crippen molar-refractivity contribution < 1.29 is 18.0 Å². The van der Waals surface area contributed by atoms with Gasteiger partial charge in [-0.25, -0.2) is 0 Å². The Bertz CT molecular complexity index is 387. The topological polar surface area (TPSA) is 55.1 Å². The van der Waals surface area contributed by atoms with Gasteiger partial charge in [0, 0.05) is 18.2 Å². The number of alkyl halides is 3. The molecule has 0 aliphatic rings. The molecule has 6 heteroatoms. The number of carbonyl (C=O) groups excluding carboxylic acids is 1. The van der Waals surface area contributed by atoms with Crippen LogP contribution in [-0.4, -0.2) is 11.9 Å². The minimum absolute atomic E-state index is 0.126. The molecule has 0 aliphatic heterocycles. The van der Waals surface area contributed by atoms with Crippen molar-refractivity contribution in [3.05, 3.63) is 29.8 Å². The van der Waals surface area contributed by atoms with Gasteiger partial charge in [-0.2, -0.15) is 13.2 Å². The number of carbonyl (C=O) groups is 1. The van der Waals surface area contributed by atoms with Gasteiger partial charge in [0.25, 0.3) is 0 Å². The number of halogens is 3. The maximum atomic E-state index is 12.3. The number of benzene rings is 1. The van der Waals surface area contributed by atoms with Gasteiger partial charge in [-0.1, -0.05) is 0 Å². The fraction of sp³-hybridized carbons (Fsp3) is 0.364. The molecular weight excluding hydrogens is 233 g/mol. The van der Waals surface area contributed by atoms with Gasteiger partial charge < -0.3 is 11.1 Å². The van der Waals surface area contributed by atoms with Gasteiger partial charge in [-0.3, -0.25) is 4.79 Å². The summed E-state index contributed by atoms with van der Waals surface area (Å²) in [6.45, 7) is 1.72. The van der Waals surface area contributed by atoms with E-state index in [0.29, 0.717) is 5.69 Å². The second kappa shape index (κ2) is 5.07. The van der Waals surface area contributed by atoms with E-state index in [1.54, 1.807) is 6.92 Å². The molecular formula is C11H13F3N2O. The van der Waals surface area contributed by atoms with Crippen molar-refractivity contribution >= 4 is 11.6 Å². The number of primary amides is 1. The molecule has 0 saturated carbocycles. The van der Waals surface area contributed by atoms with Crippen molar-refractivity contribution in [3.63, 3.8) is 0 Å². The van der Waals surface area contributed by atoms with Crippen LogP contribution in [0.1, 0.15) is 18.9 Å². The zero-order valence-corrected chi connectivity index (χ0v) is 9.21. The molecule has 3 N–H and O–H groups in total. The summed E-state index contributed by atoms with van der Waals surface area (Å²) in [6, 6.07) is 4.39. The van der Waals surface area contributed by atoms with E-state index in [9.17, 15) is 18.0 Å². The van der Waals surface area contributed by atoms with Crippen LogP contribution >= 0.6 is 0 Å². The van der Waals surface area contributed by atoms with Gasteiger partial charge in [-0.05, 0) is 31.2 Å². The first-order valence-corrected chi connectivity index (χ1v) is 5.01. The number of anilines is 1. The highest BCUT2D eigenvalue weighted by molar-refractivity contribution is 5.74. The molecule has 1 aromatic rings. The van der Waals surface area contributed by atoms with Crippen LogP contribution in [0.5, 0.6) is 0 Å². The Morgan fingerprint density at radius 1 is 1.35 bits per heavy atom. The Morgan fingerprint density at radius 2 is 1.88 bits per heavy atom. The molecule has 3 nitrogen and oxygen atoms in total. The smallest absolute Gasteiger partial charge is 0.382 e. The lowest BCUT2D eigenvalue weighted by Crippen LogP contribution is -2.23. The molecule has 0 fully saturated rings. The number of amides is 1. The molecule has 0 saturated heterocycles. The predicted molar refractivity (Wildman–Crippen MR) is 58.3 cm³/mol. The third kappa shape index (κ3) is 4.34. The van der Waals surface area contributed by atoms with Crippen molar-refractivity contribution in [2.24, 2.45) is 5.73 Å². The fourth-order valence-electron chi connectivity index (χ4n) is 1.39. The molecule has 0 aliphatic carbocycles. The SMILES string of the molecule is C[C@@H](CC(N)=O)Nc1ccc(C(F)(F)F)cc1. The van der Waals surface area contributed by atoms with Crippen LogP contribution in [0.4, 0.5) is 18.9 Å². The van der Waals surface area contributed by atoms with E-state index in [-0.39, 0.29) is 12.5 Å². The van der Waals surface area contributed by atoms with Crippen LogP contribution in [0.15, 0.2) is 24.3 Å². The molecule has 0 radical (unpaired) electrons. The highest BCUT2D eigenvalue weighted by Gasteiger charge is 2.29. The van der Waals surface area contributed by atoms with E-state index < -0.39 is 17.6 Å². The number of hydrogen-bond acceptors (Lipinski definition) is 2. The average molecular weight is 246 g/mol. The van der Waals surface area contributed by atoms with E-state index >= 15 is 0 Å². The molecule has 0 heterocycles. The van der Waals surface area contributed by atoms with Crippen molar-refractivity contribution in [2.75, 3.05) is 5.32 Å². The van der Waals surface area contributed by atoms with Gasteiger partial charge >= 0.3 is 6.18 Å². The number of nitrogens with two attached hydrogens (primary N) is 1. The Balaban J connectivity index is 2.66. The molecule has 1 aromatic carbocycles. The zero-order valence-electron chi connectivity index (χ0n) is 9.21. The van der Waals surface area contributed by atoms with Gasteiger partial charge in [0.05, 0.1) is 5.56 Å². The van der Waals surface area contributed by atoms with E-state index in [0.717, 1.165) is 12.1 Å². The lowest BCUT2D eigenvalue weighted by molar-refractivity contribution is -0.137. The molecule has 1 amide bonds. The summed E-state index contributed by atoms with van der Waals surface area (Å²) in [5, 5.41) is 2.88. The molecule has 0 bridgehead atoms. The van der Waals surface area contributed by atoms with Crippen LogP contribution in [0.3, 0.4) is 0 Å². The average Bonchev–Trinajstić information content (AvgIpc) is 2.15. The van der Waals surface area contributed by atoms with E-state index in [1.165, 1.54) is 12.1 Å². The third-order valence-electron chi connectivity index (χ3n) is 2.13. The van der Waals surface area contributed by atoms with Crippen molar-refractivity contribution in [1.29, 1.82) is 0 Å². The molecule has 1 rings (SSSR count). The molecule has 0 aromatic heterocycles. The molecule has 0 unspecified atom stereocenters. The third-order valence-corrected chi connectivity index (χ3v) is 2.13. The largest absolute Gasteiger partial charge is 0.416 e. The standard InChI is InChI=1S/C11H13F3N2O/c1-7(6-10(15)17)16-9-4-2-8(3-5-9)11(12,13)14/h2-5,7,16H,6H2,1H3,(H2,15,17)/t7-/m0/s1. The number of nitrogens with one attached hydrogen (secondary N) is 1. The molecule has 0 spiro atoms. The van der Waals surface area contributed by atoms with Gasteiger partial charge in [-0.15, -0.1) is 0 Å². The van der Waals surface area contributed by atoms with Gasteiger partial charge in [0.2, 0.25) is 5.91 Å². The monoisotopic (exact) mass is 246 g/mol. The van der Waals surface area contributed by atoms with Crippen LogP contribution in [0, 0.1) is 0 Å². The molecule has 94 valence electrons. The lowest BCUT2D eigenvalue weighted by Gasteiger charge is -2.14. The highest BCUT2D eigenvalue weighted by atomic mass is 19.4. The first kappa shape index (κ1) is 13.3. The van der Waals surface area contributed by atoms with Crippen LogP contribution in [-0.2, 0) is 11.0 Å². The number of rotatable bonds is 4. The summed E-state index contributed by atoms with van der Waals surface area (Å²) in [7, 11) is 0. The van der Waals surface area contributed by atoms with Crippen LogP contribution < -0.4 is 11.1 Å². The number of hydrogen-bond donors (Lipinski definition) is 2. The van der Waals surface area contributed by atoms with Crippen LogP contribution in [0.25, 0.3) is 0 Å². The minimum Gasteiger partial charge on any atom is -0.382 e. The second-order valence-electron chi connectivity index (χ2n) is 3.79. The van der Waals surface area contributed by atoms with Crippen molar-refractivity contribution in [2.45, 2.75) is 25.6 Å². The van der Waals surface area contributed by atoms with E-state index in [2.05, 4.69) is 5.32 Å². The normalized spacial score (nSPS) is 13.2. The Labute approximate surface area is 96.8 Å². The fourth-order valence-corrected chi connectivity index (χ4v) is 1.39. The summed E-state index contributed by atoms with van der Waals surface area (Å²) in [4.78, 5) is 10.6. The highest BCUT2D eigenvalue weighted by Crippen LogP contribution is 2.29. The predicted octanol–water partition coefficient (Wildman–Crippen LogP) is 2.38. The maximum absolute atomic E-state index is 12.3. The van der Waals surface area contributed by atoms with Gasteiger partial charge in [0.1, 0.15) is 0 Å². The van der Waals surface area contributed by atoms with Crippen LogP contribution in [0.2, 0.25) is 0 Å². The van der Waals surface area contributed by atoms with Crippen molar-refractivity contribution in [1.82, 2.24) is 0 Å².